The van der Waals surface area contributed by atoms with Crippen LogP contribution in [0.2, 0.25) is 0 Å². The van der Waals surface area contributed by atoms with Crippen molar-refractivity contribution in [2.45, 2.75) is 63.1 Å². The van der Waals surface area contributed by atoms with Crippen LogP contribution in [0.25, 0.3) is 0 Å². The van der Waals surface area contributed by atoms with E-state index in [1.807, 2.05) is 24.3 Å². The van der Waals surface area contributed by atoms with Crippen LogP contribution in [0, 0.1) is 0 Å². The summed E-state index contributed by atoms with van der Waals surface area (Å²) in [4.78, 5) is 18.4. The Morgan fingerprint density at radius 2 is 1.43 bits per heavy atom. The smallest absolute Gasteiger partial charge is 0.255 e. The summed E-state index contributed by atoms with van der Waals surface area (Å²) in [7, 11) is 9.37. The number of ether oxygens (including phenoxy) is 5. The lowest BCUT2D eigenvalue weighted by molar-refractivity contribution is 0.0914. The Kier molecular flexibility index (Phi) is 9.02. The van der Waals surface area contributed by atoms with Crippen molar-refractivity contribution < 1.29 is 28.5 Å². The number of rotatable bonds is 5. The summed E-state index contributed by atoms with van der Waals surface area (Å²) in [5.41, 5.74) is 7.48. The van der Waals surface area contributed by atoms with E-state index < -0.39 is 0 Å². The molecule has 1 fully saturated rings. The zero-order valence-electron chi connectivity index (χ0n) is 30.2. The fourth-order valence-corrected chi connectivity index (χ4v) is 8.13. The Bertz CT molecular complexity index is 1960. The summed E-state index contributed by atoms with van der Waals surface area (Å²) in [6.45, 7) is 1.80. The number of hydrogen-bond donors (Lipinski definition) is 1. The van der Waals surface area contributed by atoms with Gasteiger partial charge in [0.05, 0.1) is 26.9 Å². The van der Waals surface area contributed by atoms with Gasteiger partial charge in [0.2, 0.25) is 5.75 Å². The quantitative estimate of drug-likeness (QED) is 0.232. The number of nitrogens with zero attached hydrogens (tertiary/aromatic N) is 2. The van der Waals surface area contributed by atoms with Gasteiger partial charge in [0.25, 0.3) is 5.91 Å². The normalized spacial score (nSPS) is 20.1. The lowest BCUT2D eigenvalue weighted by atomic mass is 9.87. The molecule has 4 heterocycles. The molecule has 4 aromatic carbocycles. The number of fused-ring (bicyclic) bond motifs is 2. The van der Waals surface area contributed by atoms with Crippen molar-refractivity contribution in [3.8, 4) is 40.2 Å². The molecule has 9 rings (SSSR count). The molecule has 0 aromatic heterocycles. The molecule has 1 N–H and O–H groups in total. The Labute approximate surface area is 300 Å². The first-order chi connectivity index (χ1) is 24.8. The lowest BCUT2D eigenvalue weighted by Gasteiger charge is -2.37. The van der Waals surface area contributed by atoms with E-state index in [4.69, 9.17) is 23.7 Å². The summed E-state index contributed by atoms with van der Waals surface area (Å²) in [6.07, 6.45) is 6.39. The standard InChI is InChI=1S/C42H47N3O6/c1-44-17-15-27-22-36(47-3)37-24-32(27)33(44)19-25-9-12-30(13-10-25)50-35-21-26(11-14-31(35)42(46)43-29-7-6-8-29)20-34-39-28(16-18-45(34)2)23-38(48-4)40(49-5)41(39)51-37/h9-14,21-24,29,33-34H,6-8,15-20H2,1-5H3,(H,43,46)/t33-,34+/m0/s1. The van der Waals surface area contributed by atoms with Gasteiger partial charge in [-0.25, -0.2) is 0 Å². The molecule has 9 nitrogen and oxygen atoms in total. The molecule has 0 radical (unpaired) electrons. The van der Waals surface area contributed by atoms with Crippen LogP contribution in [0.15, 0.2) is 60.7 Å². The van der Waals surface area contributed by atoms with E-state index in [1.165, 1.54) is 16.7 Å². The molecule has 266 valence electrons. The first-order valence-electron chi connectivity index (χ1n) is 18.1. The Morgan fingerprint density at radius 3 is 2.14 bits per heavy atom. The second-order valence-electron chi connectivity index (χ2n) is 14.4. The summed E-state index contributed by atoms with van der Waals surface area (Å²) in [6, 6.07) is 21.0. The van der Waals surface area contributed by atoms with Crippen LogP contribution in [0.3, 0.4) is 0 Å². The van der Waals surface area contributed by atoms with Crippen LogP contribution < -0.4 is 29.0 Å². The minimum absolute atomic E-state index is 0.0632. The van der Waals surface area contributed by atoms with Gasteiger partial charge in [-0.05, 0) is 129 Å². The van der Waals surface area contributed by atoms with Gasteiger partial charge in [0.15, 0.2) is 23.0 Å². The van der Waals surface area contributed by atoms with Crippen LogP contribution in [-0.4, -0.2) is 70.3 Å². The second-order valence-corrected chi connectivity index (χ2v) is 14.4. The summed E-state index contributed by atoms with van der Waals surface area (Å²) < 4.78 is 31.6. The highest BCUT2D eigenvalue weighted by Crippen LogP contribution is 2.52. The highest BCUT2D eigenvalue weighted by molar-refractivity contribution is 5.97. The van der Waals surface area contributed by atoms with Crippen molar-refractivity contribution in [1.29, 1.82) is 0 Å². The van der Waals surface area contributed by atoms with E-state index in [1.54, 1.807) is 21.3 Å². The monoisotopic (exact) mass is 689 g/mol. The number of carbonyl (C=O) groups is 1. The Balaban J connectivity index is 1.32. The summed E-state index contributed by atoms with van der Waals surface area (Å²) in [5, 5.41) is 3.21. The van der Waals surface area contributed by atoms with Crippen molar-refractivity contribution in [3.63, 3.8) is 0 Å². The first-order valence-corrected chi connectivity index (χ1v) is 18.1. The van der Waals surface area contributed by atoms with E-state index in [2.05, 4.69) is 65.6 Å². The van der Waals surface area contributed by atoms with Crippen molar-refractivity contribution in [3.05, 3.63) is 99.6 Å². The maximum atomic E-state index is 13.6. The van der Waals surface area contributed by atoms with E-state index in [9.17, 15) is 4.79 Å². The number of likely N-dealkylation sites (N-methyl/N-ethyl adjacent to an activating group) is 2. The van der Waals surface area contributed by atoms with E-state index in [0.29, 0.717) is 52.2 Å². The summed E-state index contributed by atoms with van der Waals surface area (Å²) in [5.74, 6) is 4.30. The zero-order valence-corrected chi connectivity index (χ0v) is 30.2. The maximum absolute atomic E-state index is 13.6. The van der Waals surface area contributed by atoms with E-state index >= 15 is 0 Å². The minimum atomic E-state index is -0.0982. The molecule has 0 unspecified atom stereocenters. The number of benzene rings is 4. The lowest BCUT2D eigenvalue weighted by Crippen LogP contribution is -2.39. The molecule has 5 aliphatic rings. The molecule has 2 atom stereocenters. The number of nitrogens with one attached hydrogen (secondary N) is 1. The van der Waals surface area contributed by atoms with Crippen molar-refractivity contribution in [2.24, 2.45) is 0 Å². The van der Waals surface area contributed by atoms with Gasteiger partial charge in [0.1, 0.15) is 11.5 Å². The molecule has 4 aliphatic heterocycles. The molecular weight excluding hydrogens is 642 g/mol. The highest BCUT2D eigenvalue weighted by Gasteiger charge is 2.35. The predicted molar refractivity (Wildman–Crippen MR) is 196 cm³/mol. The van der Waals surface area contributed by atoms with Gasteiger partial charge < -0.3 is 29.0 Å². The van der Waals surface area contributed by atoms with Crippen LogP contribution in [0.1, 0.15) is 75.1 Å². The molecule has 1 aliphatic carbocycles. The molecule has 1 amide bonds. The van der Waals surface area contributed by atoms with Crippen molar-refractivity contribution >= 4 is 5.91 Å². The van der Waals surface area contributed by atoms with Gasteiger partial charge in [-0.1, -0.05) is 18.2 Å². The average Bonchev–Trinajstić information content (AvgIpc) is 3.12. The fraction of sp³-hybridized carbons (Fsp3) is 0.405. The Hall–Kier alpha value is -4.73. The molecule has 4 aromatic rings. The maximum Gasteiger partial charge on any atom is 0.255 e. The van der Waals surface area contributed by atoms with Gasteiger partial charge in [-0.15, -0.1) is 0 Å². The van der Waals surface area contributed by atoms with Crippen molar-refractivity contribution in [2.75, 3.05) is 48.5 Å². The fourth-order valence-electron chi connectivity index (χ4n) is 8.13. The Morgan fingerprint density at radius 1 is 0.745 bits per heavy atom. The first kappa shape index (κ1) is 33.4. The average molecular weight is 690 g/mol. The zero-order chi connectivity index (χ0) is 35.2. The van der Waals surface area contributed by atoms with E-state index in [-0.39, 0.29) is 24.0 Å². The topological polar surface area (TPSA) is 81.7 Å². The molecule has 1 saturated carbocycles. The third-order valence-corrected chi connectivity index (χ3v) is 11.4. The third-order valence-electron chi connectivity index (χ3n) is 11.4. The van der Waals surface area contributed by atoms with Gasteiger partial charge >= 0.3 is 0 Å². The number of hydrogen-bond acceptors (Lipinski definition) is 8. The van der Waals surface area contributed by atoms with E-state index in [0.717, 1.165) is 68.3 Å². The molecule has 0 saturated heterocycles. The number of methoxy groups -OCH3 is 3. The summed E-state index contributed by atoms with van der Waals surface area (Å²) >= 11 is 0. The van der Waals surface area contributed by atoms with Gasteiger partial charge in [-0.3, -0.25) is 14.6 Å². The number of amides is 1. The second kappa shape index (κ2) is 13.8. The van der Waals surface area contributed by atoms with Crippen molar-refractivity contribution in [1.82, 2.24) is 15.1 Å². The van der Waals surface area contributed by atoms with Gasteiger partial charge in [-0.2, -0.15) is 0 Å². The SMILES string of the molecule is COc1cc2c3cc1Oc1c(OC)c(OC)cc4c1[C@@H](Cc1ccc(C(=O)NC5CCC5)c(c1)Oc1ccc(cc1)C[C@@H]3N(C)CC2)N(C)CC4. The molecule has 6 bridgehead atoms. The molecule has 0 spiro atoms. The van der Waals surface area contributed by atoms with Crippen LogP contribution in [0.4, 0.5) is 0 Å². The molecule has 51 heavy (non-hydrogen) atoms. The number of carbonyl (C=O) groups excluding carboxylic acids is 1. The predicted octanol–water partition coefficient (Wildman–Crippen LogP) is 7.44. The van der Waals surface area contributed by atoms with Crippen LogP contribution in [-0.2, 0) is 25.7 Å². The third kappa shape index (κ3) is 6.27. The molecule has 9 heteroatoms. The minimum Gasteiger partial charge on any atom is -0.493 e. The highest BCUT2D eigenvalue weighted by atomic mass is 16.5. The van der Waals surface area contributed by atoms with Crippen LogP contribution >= 0.6 is 0 Å². The van der Waals surface area contributed by atoms with Gasteiger partial charge in [0, 0.05) is 36.8 Å². The largest absolute Gasteiger partial charge is 0.493 e. The molecular formula is C42H47N3O6. The van der Waals surface area contributed by atoms with Crippen LogP contribution in [0.5, 0.6) is 40.2 Å².